The number of benzene rings is 1. The van der Waals surface area contributed by atoms with Crippen molar-refractivity contribution < 1.29 is 14.7 Å². The Balaban J connectivity index is 2.09. The quantitative estimate of drug-likeness (QED) is 0.810. The Labute approximate surface area is 119 Å². The number of hydrogen-bond acceptors (Lipinski definition) is 3. The highest BCUT2D eigenvalue weighted by Gasteiger charge is 2.26. The van der Waals surface area contributed by atoms with Crippen LogP contribution in [0.3, 0.4) is 0 Å². The van der Waals surface area contributed by atoms with Crippen molar-refractivity contribution in [3.05, 3.63) is 35.4 Å². The molecule has 4 nitrogen and oxygen atoms in total. The summed E-state index contributed by atoms with van der Waals surface area (Å²) in [6, 6.07) is 7.36. The Hall–Kier alpha value is -1.68. The predicted octanol–water partition coefficient (Wildman–Crippen LogP) is 2.36. The van der Waals surface area contributed by atoms with Gasteiger partial charge in [0.1, 0.15) is 0 Å². The lowest BCUT2D eigenvalue weighted by atomic mass is 9.93. The van der Waals surface area contributed by atoms with Gasteiger partial charge in [-0.3, -0.25) is 9.59 Å². The molecule has 0 aliphatic carbocycles. The Morgan fingerprint density at radius 1 is 1.20 bits per heavy atom. The van der Waals surface area contributed by atoms with Crippen molar-refractivity contribution in [3.63, 3.8) is 0 Å². The molecule has 0 spiro atoms. The summed E-state index contributed by atoms with van der Waals surface area (Å²) in [6.07, 6.45) is 2.18. The van der Waals surface area contributed by atoms with Crippen LogP contribution in [0.15, 0.2) is 24.3 Å². The van der Waals surface area contributed by atoms with E-state index in [9.17, 15) is 9.59 Å². The minimum Gasteiger partial charge on any atom is -0.481 e. The van der Waals surface area contributed by atoms with Gasteiger partial charge in [0.25, 0.3) is 0 Å². The van der Waals surface area contributed by atoms with Crippen LogP contribution < -0.4 is 0 Å². The van der Waals surface area contributed by atoms with Crippen molar-refractivity contribution in [2.75, 3.05) is 19.6 Å². The zero-order chi connectivity index (χ0) is 14.5. The Kier molecular flexibility index (Phi) is 4.90. The lowest BCUT2D eigenvalue weighted by Crippen LogP contribution is -2.32. The molecule has 2 rings (SSSR count). The van der Waals surface area contributed by atoms with E-state index < -0.39 is 11.9 Å². The van der Waals surface area contributed by atoms with Gasteiger partial charge in [0.05, 0.1) is 6.42 Å². The largest absolute Gasteiger partial charge is 0.481 e. The average Bonchev–Trinajstić information content (AvgIpc) is 2.90. The first-order chi connectivity index (χ1) is 9.56. The lowest BCUT2D eigenvalue weighted by molar-refractivity contribution is -0.137. The van der Waals surface area contributed by atoms with Crippen LogP contribution in [0.1, 0.15) is 35.2 Å². The molecule has 1 N–H and O–H groups in total. The zero-order valence-electron chi connectivity index (χ0n) is 11.8. The van der Waals surface area contributed by atoms with E-state index in [1.165, 1.54) is 0 Å². The molecule has 0 saturated carbocycles. The first-order valence-corrected chi connectivity index (χ1v) is 7.11. The van der Waals surface area contributed by atoms with E-state index in [0.29, 0.717) is 12.1 Å². The van der Waals surface area contributed by atoms with E-state index in [-0.39, 0.29) is 12.2 Å². The highest BCUT2D eigenvalue weighted by molar-refractivity contribution is 5.99. The van der Waals surface area contributed by atoms with Crippen molar-refractivity contribution in [1.29, 1.82) is 0 Å². The molecule has 1 aliphatic rings. The second-order valence-electron chi connectivity index (χ2n) is 5.53. The third kappa shape index (κ3) is 3.90. The second-order valence-corrected chi connectivity index (χ2v) is 5.53. The monoisotopic (exact) mass is 275 g/mol. The summed E-state index contributed by atoms with van der Waals surface area (Å²) in [5.74, 6) is -1.41. The number of aryl methyl sites for hydroxylation is 1. The summed E-state index contributed by atoms with van der Waals surface area (Å²) < 4.78 is 0. The summed E-state index contributed by atoms with van der Waals surface area (Å²) in [4.78, 5) is 25.7. The SMILES string of the molecule is Cc1ccc(C(=O)C(CC(=O)O)CN2CCCC2)cc1. The molecule has 0 bridgehead atoms. The third-order valence-corrected chi connectivity index (χ3v) is 3.81. The van der Waals surface area contributed by atoms with Gasteiger partial charge in [-0.1, -0.05) is 29.8 Å². The Bertz CT molecular complexity index is 475. The minimum atomic E-state index is -0.908. The number of aliphatic carboxylic acids is 1. The van der Waals surface area contributed by atoms with Crippen molar-refractivity contribution in [2.45, 2.75) is 26.2 Å². The molecule has 4 heteroatoms. The topological polar surface area (TPSA) is 57.6 Å². The molecule has 1 fully saturated rings. The van der Waals surface area contributed by atoms with Gasteiger partial charge in [0, 0.05) is 18.0 Å². The lowest BCUT2D eigenvalue weighted by Gasteiger charge is -2.21. The van der Waals surface area contributed by atoms with Crippen molar-refractivity contribution in [2.24, 2.45) is 5.92 Å². The first-order valence-electron chi connectivity index (χ1n) is 7.11. The number of carbonyl (C=O) groups excluding carboxylic acids is 1. The van der Waals surface area contributed by atoms with Crippen LogP contribution in [0.5, 0.6) is 0 Å². The molecule has 1 aliphatic heterocycles. The summed E-state index contributed by atoms with van der Waals surface area (Å²) >= 11 is 0. The maximum absolute atomic E-state index is 12.5. The first kappa shape index (κ1) is 14.7. The van der Waals surface area contributed by atoms with Crippen LogP contribution in [0, 0.1) is 12.8 Å². The number of Topliss-reactive ketones (excluding diaryl/α,β-unsaturated/α-hetero) is 1. The summed E-state index contributed by atoms with van der Waals surface area (Å²) in [5, 5.41) is 9.03. The molecule has 1 aromatic rings. The van der Waals surface area contributed by atoms with Gasteiger partial charge in [-0.2, -0.15) is 0 Å². The fourth-order valence-electron chi connectivity index (χ4n) is 2.68. The number of carboxylic acids is 1. The van der Waals surface area contributed by atoms with Crippen molar-refractivity contribution in [1.82, 2.24) is 4.90 Å². The van der Waals surface area contributed by atoms with E-state index >= 15 is 0 Å². The number of rotatable bonds is 6. The maximum Gasteiger partial charge on any atom is 0.304 e. The predicted molar refractivity (Wildman–Crippen MR) is 76.9 cm³/mol. The molecule has 0 radical (unpaired) electrons. The van der Waals surface area contributed by atoms with Gasteiger partial charge in [-0.25, -0.2) is 0 Å². The van der Waals surface area contributed by atoms with Crippen molar-refractivity contribution in [3.8, 4) is 0 Å². The number of nitrogens with zero attached hydrogens (tertiary/aromatic N) is 1. The summed E-state index contributed by atoms with van der Waals surface area (Å²) in [5.41, 5.74) is 1.71. The number of ketones is 1. The molecular formula is C16H21NO3. The van der Waals surface area contributed by atoms with Gasteiger partial charge >= 0.3 is 5.97 Å². The zero-order valence-corrected chi connectivity index (χ0v) is 11.8. The van der Waals surface area contributed by atoms with Crippen LogP contribution in [0.4, 0.5) is 0 Å². The molecule has 0 amide bonds. The van der Waals surface area contributed by atoms with Crippen LogP contribution in [-0.4, -0.2) is 41.4 Å². The van der Waals surface area contributed by atoms with Gasteiger partial charge < -0.3 is 10.0 Å². The molecule has 1 saturated heterocycles. The Morgan fingerprint density at radius 2 is 1.80 bits per heavy atom. The number of carbonyl (C=O) groups is 2. The molecule has 0 aromatic heterocycles. The molecule has 1 heterocycles. The van der Waals surface area contributed by atoms with E-state index in [4.69, 9.17) is 5.11 Å². The molecule has 1 unspecified atom stereocenters. The number of hydrogen-bond donors (Lipinski definition) is 1. The van der Waals surface area contributed by atoms with Gasteiger partial charge in [-0.15, -0.1) is 0 Å². The van der Waals surface area contributed by atoms with E-state index in [0.717, 1.165) is 31.5 Å². The van der Waals surface area contributed by atoms with Crippen LogP contribution in [0.25, 0.3) is 0 Å². The summed E-state index contributed by atoms with van der Waals surface area (Å²) in [7, 11) is 0. The van der Waals surface area contributed by atoms with Crippen LogP contribution >= 0.6 is 0 Å². The van der Waals surface area contributed by atoms with Gasteiger partial charge in [0.15, 0.2) is 5.78 Å². The minimum absolute atomic E-state index is 0.0562. The van der Waals surface area contributed by atoms with E-state index in [2.05, 4.69) is 4.90 Å². The third-order valence-electron chi connectivity index (χ3n) is 3.81. The van der Waals surface area contributed by atoms with Gasteiger partial charge in [-0.05, 0) is 32.9 Å². The second kappa shape index (κ2) is 6.66. The van der Waals surface area contributed by atoms with E-state index in [1.54, 1.807) is 12.1 Å². The highest BCUT2D eigenvalue weighted by atomic mass is 16.4. The fraction of sp³-hybridized carbons (Fsp3) is 0.500. The molecule has 1 aromatic carbocycles. The van der Waals surface area contributed by atoms with Gasteiger partial charge in [0.2, 0.25) is 0 Å². The van der Waals surface area contributed by atoms with Crippen LogP contribution in [-0.2, 0) is 4.79 Å². The molecular weight excluding hydrogens is 254 g/mol. The normalized spacial score (nSPS) is 17.1. The Morgan fingerprint density at radius 3 is 2.35 bits per heavy atom. The van der Waals surface area contributed by atoms with E-state index in [1.807, 2.05) is 19.1 Å². The smallest absolute Gasteiger partial charge is 0.304 e. The fourth-order valence-corrected chi connectivity index (χ4v) is 2.68. The molecule has 1 atom stereocenters. The van der Waals surface area contributed by atoms with Crippen LogP contribution in [0.2, 0.25) is 0 Å². The standard InChI is InChI=1S/C16H21NO3/c1-12-4-6-13(7-5-12)16(20)14(10-15(18)19)11-17-8-2-3-9-17/h4-7,14H,2-3,8-11H2,1H3,(H,18,19). The number of carboxylic acid groups (broad SMARTS) is 1. The maximum atomic E-state index is 12.5. The van der Waals surface area contributed by atoms with Crippen molar-refractivity contribution >= 4 is 11.8 Å². The molecule has 108 valence electrons. The molecule has 20 heavy (non-hydrogen) atoms. The highest BCUT2D eigenvalue weighted by Crippen LogP contribution is 2.18. The average molecular weight is 275 g/mol. The summed E-state index contributed by atoms with van der Waals surface area (Å²) in [6.45, 7) is 4.46. The number of likely N-dealkylation sites (tertiary alicyclic amines) is 1.